The van der Waals surface area contributed by atoms with Gasteiger partial charge in [0.2, 0.25) is 0 Å². The van der Waals surface area contributed by atoms with Gasteiger partial charge in [0, 0.05) is 6.26 Å². The first-order chi connectivity index (χ1) is 8.62. The monoisotopic (exact) mass is 296 g/mol. The molecule has 0 heterocycles. The van der Waals surface area contributed by atoms with Crippen LogP contribution in [0, 0.1) is 0 Å². The van der Waals surface area contributed by atoms with E-state index in [1.165, 1.54) is 11.8 Å². The van der Waals surface area contributed by atoms with Crippen LogP contribution in [0.5, 0.6) is 0 Å². The zero-order chi connectivity index (χ0) is 14.7. The van der Waals surface area contributed by atoms with Crippen molar-refractivity contribution in [2.75, 3.05) is 6.26 Å². The number of rotatable bonds is 5. The Bertz CT molecular complexity index is 539. The highest BCUT2D eigenvalue weighted by molar-refractivity contribution is 7.93. The summed E-state index contributed by atoms with van der Waals surface area (Å²) in [6.45, 7) is 8.28. The highest BCUT2D eigenvalue weighted by Gasteiger charge is 2.35. The summed E-state index contributed by atoms with van der Waals surface area (Å²) < 4.78 is 24.0. The third-order valence-electron chi connectivity index (χ3n) is 3.13. The molecule has 0 saturated heterocycles. The van der Waals surface area contributed by atoms with E-state index < -0.39 is 17.9 Å². The average Bonchev–Trinajstić information content (AvgIpc) is 2.24. The minimum atomic E-state index is -3.03. The number of hydrogen-bond donors (Lipinski definition) is 0. The van der Waals surface area contributed by atoms with E-state index in [2.05, 4.69) is 37.8 Å². The van der Waals surface area contributed by atoms with Crippen LogP contribution in [0.4, 0.5) is 0 Å². The Balaban J connectivity index is 2.99. The molecule has 0 aliphatic rings. The minimum absolute atomic E-state index is 0.288. The first-order valence-corrected chi connectivity index (χ1v) is 12.0. The van der Waals surface area contributed by atoms with E-state index in [-0.39, 0.29) is 4.87 Å². The Hall–Kier alpha value is -0.873. The lowest BCUT2D eigenvalue weighted by Crippen LogP contribution is -2.44. The number of allylic oxidation sites excluding steroid dienone is 1. The van der Waals surface area contributed by atoms with Crippen LogP contribution in [0.2, 0.25) is 19.6 Å². The molecule has 0 aliphatic carbocycles. The smallest absolute Gasteiger partial charge is 0.151 e. The summed E-state index contributed by atoms with van der Waals surface area (Å²) in [6, 6.07) is 10.1. The molecule has 0 bridgehead atoms. The standard InChI is InChI=1S/C15H24O2SSi/c1-13(11-12-14-9-7-6-8-10-14)15(18(2,16)17)19(3,4)5/h6-11,15H,12H2,1-5H3/b13-11-/t15-/m1/s1. The van der Waals surface area contributed by atoms with Gasteiger partial charge in [0.05, 0.1) is 12.9 Å². The predicted octanol–water partition coefficient (Wildman–Crippen LogP) is 3.47. The molecule has 19 heavy (non-hydrogen) atoms. The quantitative estimate of drug-likeness (QED) is 0.616. The molecule has 0 amide bonds. The first kappa shape index (κ1) is 16.2. The van der Waals surface area contributed by atoms with Gasteiger partial charge in [0.25, 0.3) is 0 Å². The van der Waals surface area contributed by atoms with Crippen molar-refractivity contribution in [1.29, 1.82) is 0 Å². The molecule has 2 nitrogen and oxygen atoms in total. The molecular formula is C15H24O2SSi. The van der Waals surface area contributed by atoms with Gasteiger partial charge in [0.15, 0.2) is 9.84 Å². The summed E-state index contributed by atoms with van der Waals surface area (Å²) in [5.74, 6) is 0. The molecule has 0 aromatic heterocycles. The van der Waals surface area contributed by atoms with Crippen LogP contribution < -0.4 is 0 Å². The van der Waals surface area contributed by atoms with Crippen LogP contribution in [0.25, 0.3) is 0 Å². The van der Waals surface area contributed by atoms with Crippen LogP contribution in [0.15, 0.2) is 42.0 Å². The van der Waals surface area contributed by atoms with Crippen LogP contribution in [-0.2, 0) is 16.3 Å². The fourth-order valence-electron chi connectivity index (χ4n) is 2.66. The topological polar surface area (TPSA) is 34.1 Å². The molecule has 0 aliphatic heterocycles. The summed E-state index contributed by atoms with van der Waals surface area (Å²) >= 11 is 0. The SMILES string of the molecule is C/C(=C/Cc1ccccc1)[C@@H]([Si](C)(C)C)S(C)(=O)=O. The first-order valence-electron chi connectivity index (χ1n) is 6.52. The van der Waals surface area contributed by atoms with Gasteiger partial charge in [0.1, 0.15) is 0 Å². The Labute approximate surface area is 118 Å². The van der Waals surface area contributed by atoms with Crippen molar-refractivity contribution in [2.45, 2.75) is 37.9 Å². The van der Waals surface area contributed by atoms with Crippen LogP contribution in [0.1, 0.15) is 12.5 Å². The highest BCUT2D eigenvalue weighted by atomic mass is 32.2. The Morgan fingerprint density at radius 2 is 1.74 bits per heavy atom. The molecule has 1 aromatic carbocycles. The van der Waals surface area contributed by atoms with Crippen LogP contribution >= 0.6 is 0 Å². The van der Waals surface area contributed by atoms with Gasteiger partial charge in [-0.1, -0.05) is 61.6 Å². The van der Waals surface area contributed by atoms with Crippen molar-refractivity contribution in [3.05, 3.63) is 47.5 Å². The minimum Gasteiger partial charge on any atom is -0.229 e. The second kappa shape index (κ2) is 6.05. The number of benzene rings is 1. The molecular weight excluding hydrogens is 272 g/mol. The molecule has 0 unspecified atom stereocenters. The third-order valence-corrected chi connectivity index (χ3v) is 9.79. The zero-order valence-corrected chi connectivity index (χ0v) is 14.3. The van der Waals surface area contributed by atoms with E-state index in [0.29, 0.717) is 0 Å². The summed E-state index contributed by atoms with van der Waals surface area (Å²) in [5.41, 5.74) is 2.20. The van der Waals surface area contributed by atoms with Gasteiger partial charge in [-0.2, -0.15) is 0 Å². The van der Waals surface area contributed by atoms with Gasteiger partial charge in [-0.05, 0) is 18.9 Å². The van der Waals surface area contributed by atoms with Crippen molar-refractivity contribution >= 4 is 17.9 Å². The van der Waals surface area contributed by atoms with Gasteiger partial charge in [-0.15, -0.1) is 0 Å². The molecule has 106 valence electrons. The fourth-order valence-corrected chi connectivity index (χ4v) is 10.1. The lowest BCUT2D eigenvalue weighted by atomic mass is 10.1. The molecule has 0 radical (unpaired) electrons. The second-order valence-electron chi connectivity index (χ2n) is 6.21. The fraction of sp³-hybridized carbons (Fsp3) is 0.467. The Kier molecular flexibility index (Phi) is 5.16. The normalized spacial score (nSPS) is 15.3. The number of hydrogen-bond acceptors (Lipinski definition) is 2. The lowest BCUT2D eigenvalue weighted by molar-refractivity contribution is 0.600. The Morgan fingerprint density at radius 3 is 2.16 bits per heavy atom. The summed E-state index contributed by atoms with van der Waals surface area (Å²) in [6.07, 6.45) is 4.22. The maximum Gasteiger partial charge on any atom is 0.151 e. The van der Waals surface area contributed by atoms with Crippen molar-refractivity contribution in [3.8, 4) is 0 Å². The highest BCUT2D eigenvalue weighted by Crippen LogP contribution is 2.23. The van der Waals surface area contributed by atoms with Gasteiger partial charge in [-0.25, -0.2) is 8.42 Å². The summed E-state index contributed by atoms with van der Waals surface area (Å²) in [5, 5.41) is 0. The molecule has 0 saturated carbocycles. The van der Waals surface area contributed by atoms with Gasteiger partial charge < -0.3 is 0 Å². The van der Waals surface area contributed by atoms with E-state index in [0.717, 1.165) is 12.0 Å². The maximum absolute atomic E-state index is 12.0. The van der Waals surface area contributed by atoms with Crippen LogP contribution in [0.3, 0.4) is 0 Å². The van der Waals surface area contributed by atoms with Crippen molar-refractivity contribution in [2.24, 2.45) is 0 Å². The van der Waals surface area contributed by atoms with Crippen molar-refractivity contribution < 1.29 is 8.42 Å². The van der Waals surface area contributed by atoms with E-state index in [9.17, 15) is 8.42 Å². The molecule has 1 atom stereocenters. The number of sulfone groups is 1. The van der Waals surface area contributed by atoms with E-state index in [1.807, 2.05) is 25.1 Å². The Morgan fingerprint density at radius 1 is 1.21 bits per heavy atom. The molecule has 4 heteroatoms. The largest absolute Gasteiger partial charge is 0.229 e. The van der Waals surface area contributed by atoms with E-state index >= 15 is 0 Å². The third kappa shape index (κ3) is 4.95. The van der Waals surface area contributed by atoms with Gasteiger partial charge in [-0.3, -0.25) is 0 Å². The molecule has 0 spiro atoms. The van der Waals surface area contributed by atoms with Gasteiger partial charge >= 0.3 is 0 Å². The molecule has 0 N–H and O–H groups in total. The molecule has 1 aromatic rings. The molecule has 1 rings (SSSR count). The predicted molar refractivity (Wildman–Crippen MR) is 85.9 cm³/mol. The lowest BCUT2D eigenvalue weighted by Gasteiger charge is -2.28. The molecule has 0 fully saturated rings. The van der Waals surface area contributed by atoms with Crippen molar-refractivity contribution in [1.82, 2.24) is 0 Å². The van der Waals surface area contributed by atoms with Crippen LogP contribution in [-0.4, -0.2) is 27.6 Å². The maximum atomic E-state index is 12.0. The summed E-state index contributed by atoms with van der Waals surface area (Å²) in [7, 11) is -4.81. The van der Waals surface area contributed by atoms with Crippen molar-refractivity contribution in [3.63, 3.8) is 0 Å². The zero-order valence-electron chi connectivity index (χ0n) is 12.5. The average molecular weight is 297 g/mol. The second-order valence-corrected chi connectivity index (χ2v) is 14.1. The summed E-state index contributed by atoms with van der Waals surface area (Å²) in [4.78, 5) is -0.288. The van der Waals surface area contributed by atoms with E-state index in [4.69, 9.17) is 0 Å². The van der Waals surface area contributed by atoms with E-state index in [1.54, 1.807) is 0 Å².